The van der Waals surface area contributed by atoms with Gasteiger partial charge >= 0.3 is 6.18 Å². The van der Waals surface area contributed by atoms with E-state index < -0.39 is 17.6 Å². The van der Waals surface area contributed by atoms with Crippen molar-refractivity contribution in [3.05, 3.63) is 35.4 Å². The summed E-state index contributed by atoms with van der Waals surface area (Å²) in [6, 6.07) is 4.10. The molecule has 0 aliphatic heterocycles. The van der Waals surface area contributed by atoms with Crippen molar-refractivity contribution in [3.8, 4) is 0 Å². The van der Waals surface area contributed by atoms with Gasteiger partial charge in [-0.3, -0.25) is 4.79 Å². The second kappa shape index (κ2) is 5.63. The zero-order chi connectivity index (χ0) is 13.8. The molecule has 0 spiro atoms. The van der Waals surface area contributed by atoms with Gasteiger partial charge in [0.2, 0.25) is 0 Å². The number of hydrogen-bond acceptors (Lipinski definition) is 3. The third-order valence-electron chi connectivity index (χ3n) is 2.10. The molecule has 0 aliphatic carbocycles. The Morgan fingerprint density at radius 3 is 2.67 bits per heavy atom. The Kier molecular flexibility index (Phi) is 4.43. The molecule has 0 saturated carbocycles. The van der Waals surface area contributed by atoms with Gasteiger partial charge in [0, 0.05) is 17.8 Å². The predicted octanol–water partition coefficient (Wildman–Crippen LogP) is 1.77. The number of amides is 1. The molecule has 4 nitrogen and oxygen atoms in total. The van der Waals surface area contributed by atoms with E-state index in [2.05, 4.69) is 10.5 Å². The number of nitrogens with one attached hydrogen (secondary N) is 1. The largest absolute Gasteiger partial charge is 0.416 e. The second-order valence-corrected chi connectivity index (χ2v) is 3.57. The molecule has 0 radical (unpaired) electrons. The van der Waals surface area contributed by atoms with Gasteiger partial charge in [-0.05, 0) is 25.1 Å². The minimum Gasteiger partial charge on any atom is -0.325 e. The quantitative estimate of drug-likeness (QED) is 0.641. The minimum absolute atomic E-state index is 0.113. The van der Waals surface area contributed by atoms with E-state index in [0.29, 0.717) is 5.71 Å². The first kappa shape index (κ1) is 14.2. The van der Waals surface area contributed by atoms with Crippen molar-refractivity contribution in [2.45, 2.75) is 13.1 Å². The van der Waals surface area contributed by atoms with E-state index in [1.54, 1.807) is 6.92 Å². The van der Waals surface area contributed by atoms with Crippen molar-refractivity contribution < 1.29 is 18.0 Å². The van der Waals surface area contributed by atoms with E-state index >= 15 is 0 Å². The van der Waals surface area contributed by atoms with Crippen LogP contribution >= 0.6 is 0 Å². The van der Waals surface area contributed by atoms with Gasteiger partial charge in [-0.2, -0.15) is 18.3 Å². The van der Waals surface area contributed by atoms with Crippen LogP contribution in [0.15, 0.2) is 29.4 Å². The highest BCUT2D eigenvalue weighted by Crippen LogP contribution is 2.29. The van der Waals surface area contributed by atoms with E-state index in [0.717, 1.165) is 18.2 Å². The molecule has 0 bridgehead atoms. The number of halogens is 3. The Bertz CT molecular complexity index is 469. The van der Waals surface area contributed by atoms with Gasteiger partial charge in [0.05, 0.1) is 5.56 Å². The molecule has 1 aromatic rings. The third kappa shape index (κ3) is 3.85. The third-order valence-corrected chi connectivity index (χ3v) is 2.10. The van der Waals surface area contributed by atoms with Crippen molar-refractivity contribution in [1.29, 1.82) is 0 Å². The van der Waals surface area contributed by atoms with Crippen LogP contribution in [0, 0.1) is 0 Å². The van der Waals surface area contributed by atoms with Gasteiger partial charge in [0.15, 0.2) is 0 Å². The summed E-state index contributed by atoms with van der Waals surface area (Å²) in [4.78, 5) is 11.5. The minimum atomic E-state index is -4.48. The average Bonchev–Trinajstić information content (AvgIpc) is 2.34. The number of benzene rings is 1. The number of alkyl halides is 3. The van der Waals surface area contributed by atoms with Gasteiger partial charge in [0.1, 0.15) is 0 Å². The maximum Gasteiger partial charge on any atom is 0.416 e. The molecule has 1 aromatic carbocycles. The Balaban J connectivity index is 2.88. The van der Waals surface area contributed by atoms with Crippen molar-refractivity contribution in [3.63, 3.8) is 0 Å². The smallest absolute Gasteiger partial charge is 0.325 e. The lowest BCUT2D eigenvalue weighted by atomic mass is 10.1. The van der Waals surface area contributed by atoms with Crippen LogP contribution < -0.4 is 11.2 Å². The molecule has 18 heavy (non-hydrogen) atoms. The van der Waals surface area contributed by atoms with Crippen LogP contribution in [0.4, 0.5) is 13.2 Å². The van der Waals surface area contributed by atoms with E-state index in [9.17, 15) is 18.0 Å². The van der Waals surface area contributed by atoms with Crippen LogP contribution in [0.3, 0.4) is 0 Å². The molecule has 0 aliphatic rings. The molecule has 0 fully saturated rings. The van der Waals surface area contributed by atoms with Crippen molar-refractivity contribution in [2.24, 2.45) is 10.8 Å². The van der Waals surface area contributed by atoms with Crippen LogP contribution in [-0.4, -0.2) is 18.2 Å². The maximum absolute atomic E-state index is 12.4. The molecule has 0 aromatic heterocycles. The number of nitrogens with zero attached hydrogens (tertiary/aromatic N) is 1. The summed E-state index contributed by atoms with van der Waals surface area (Å²) in [5.74, 6) is -0.714. The molecule has 98 valence electrons. The van der Waals surface area contributed by atoms with Crippen LogP contribution in [0.5, 0.6) is 0 Å². The molecule has 3 N–H and O–H groups in total. The Labute approximate surface area is 102 Å². The lowest BCUT2D eigenvalue weighted by molar-refractivity contribution is -0.137. The number of hydrazone groups is 1. The zero-order valence-electron chi connectivity index (χ0n) is 9.58. The summed E-state index contributed by atoms with van der Waals surface area (Å²) in [6.07, 6.45) is -4.48. The first-order valence-electron chi connectivity index (χ1n) is 5.05. The summed E-state index contributed by atoms with van der Waals surface area (Å²) in [6.45, 7) is 1.75. The Hall–Kier alpha value is -1.89. The number of hydrogen-bond donors (Lipinski definition) is 2. The highest BCUT2D eigenvalue weighted by Gasteiger charge is 2.30. The fourth-order valence-electron chi connectivity index (χ4n) is 1.09. The summed E-state index contributed by atoms with van der Waals surface area (Å²) in [5.41, 5.74) is 6.85. The lowest BCUT2D eigenvalue weighted by Gasteiger charge is -2.07. The number of rotatable bonds is 3. The van der Waals surface area contributed by atoms with Gasteiger partial charge in [-0.25, -0.2) is 5.43 Å². The molecular formula is C11H12F3N3O. The summed E-state index contributed by atoms with van der Waals surface area (Å²) in [7, 11) is 0. The SMILES string of the molecule is CC(CN)=NNC(=O)c1cccc(C(F)(F)F)c1. The van der Waals surface area contributed by atoms with Crippen molar-refractivity contribution in [1.82, 2.24) is 5.43 Å². The molecule has 0 unspecified atom stereocenters. The van der Waals surface area contributed by atoms with Crippen LogP contribution in [-0.2, 0) is 6.18 Å². The zero-order valence-corrected chi connectivity index (χ0v) is 9.58. The molecular weight excluding hydrogens is 247 g/mol. The Morgan fingerprint density at radius 2 is 2.11 bits per heavy atom. The van der Waals surface area contributed by atoms with Gasteiger partial charge in [-0.1, -0.05) is 6.07 Å². The number of nitrogens with two attached hydrogens (primary N) is 1. The van der Waals surface area contributed by atoms with E-state index in [-0.39, 0.29) is 12.1 Å². The van der Waals surface area contributed by atoms with Crippen molar-refractivity contribution in [2.75, 3.05) is 6.54 Å². The first-order chi connectivity index (χ1) is 8.34. The monoisotopic (exact) mass is 259 g/mol. The average molecular weight is 259 g/mol. The fraction of sp³-hybridized carbons (Fsp3) is 0.273. The number of carbonyl (C=O) groups is 1. The molecule has 7 heteroatoms. The standard InChI is InChI=1S/C11H12F3N3O/c1-7(6-15)16-17-10(18)8-3-2-4-9(5-8)11(12,13)14/h2-5H,6,15H2,1H3,(H,17,18). The second-order valence-electron chi connectivity index (χ2n) is 3.57. The molecule has 0 atom stereocenters. The summed E-state index contributed by atoms with van der Waals surface area (Å²) >= 11 is 0. The molecule has 1 rings (SSSR count). The van der Waals surface area contributed by atoms with Crippen LogP contribution in [0.25, 0.3) is 0 Å². The van der Waals surface area contributed by atoms with Gasteiger partial charge in [-0.15, -0.1) is 0 Å². The van der Waals surface area contributed by atoms with Crippen molar-refractivity contribution >= 4 is 11.6 Å². The number of carbonyl (C=O) groups excluding carboxylic acids is 1. The fourth-order valence-corrected chi connectivity index (χ4v) is 1.09. The highest BCUT2D eigenvalue weighted by molar-refractivity contribution is 5.95. The predicted molar refractivity (Wildman–Crippen MR) is 61.1 cm³/mol. The Morgan fingerprint density at radius 1 is 1.44 bits per heavy atom. The van der Waals surface area contributed by atoms with Crippen LogP contribution in [0.2, 0.25) is 0 Å². The maximum atomic E-state index is 12.4. The molecule has 1 amide bonds. The summed E-state index contributed by atoms with van der Waals surface area (Å²) in [5, 5.41) is 3.62. The van der Waals surface area contributed by atoms with Crippen LogP contribution in [0.1, 0.15) is 22.8 Å². The summed E-state index contributed by atoms with van der Waals surface area (Å²) < 4.78 is 37.3. The van der Waals surface area contributed by atoms with E-state index in [1.165, 1.54) is 6.07 Å². The normalized spacial score (nSPS) is 12.4. The molecule has 0 saturated heterocycles. The van der Waals surface area contributed by atoms with E-state index in [4.69, 9.17) is 5.73 Å². The highest BCUT2D eigenvalue weighted by atomic mass is 19.4. The lowest BCUT2D eigenvalue weighted by Crippen LogP contribution is -2.22. The van der Waals surface area contributed by atoms with E-state index in [1.807, 2.05) is 0 Å². The topological polar surface area (TPSA) is 67.5 Å². The van der Waals surface area contributed by atoms with Gasteiger partial charge < -0.3 is 5.73 Å². The van der Waals surface area contributed by atoms with Gasteiger partial charge in [0.25, 0.3) is 5.91 Å². The molecule has 0 heterocycles. The first-order valence-corrected chi connectivity index (χ1v) is 5.05.